The Morgan fingerprint density at radius 2 is 2.33 bits per heavy atom. The minimum atomic E-state index is -1.07. The van der Waals surface area contributed by atoms with Gasteiger partial charge >= 0.3 is 5.97 Å². The van der Waals surface area contributed by atoms with Gasteiger partial charge in [-0.2, -0.15) is 5.10 Å². The Hall–Kier alpha value is -2.08. The van der Waals surface area contributed by atoms with E-state index in [1.807, 2.05) is 12.3 Å². The van der Waals surface area contributed by atoms with E-state index >= 15 is 0 Å². The van der Waals surface area contributed by atoms with Crippen LogP contribution in [0.15, 0.2) is 30.7 Å². The second-order valence-electron chi connectivity index (χ2n) is 3.52. The van der Waals surface area contributed by atoms with Crippen molar-refractivity contribution < 1.29 is 9.90 Å². The summed E-state index contributed by atoms with van der Waals surface area (Å²) in [6, 6.07) is 3.19. The molecule has 0 spiro atoms. The van der Waals surface area contributed by atoms with Crippen molar-refractivity contribution in [2.75, 3.05) is 11.9 Å². The first-order valence-electron chi connectivity index (χ1n) is 5.27. The van der Waals surface area contributed by atoms with Crippen molar-refractivity contribution >= 4 is 23.4 Å². The van der Waals surface area contributed by atoms with E-state index in [0.717, 1.165) is 0 Å². The van der Waals surface area contributed by atoms with E-state index in [9.17, 15) is 4.79 Å². The Balaban J connectivity index is 2.01. The summed E-state index contributed by atoms with van der Waals surface area (Å²) in [4.78, 5) is 14.9. The third-order valence-corrected chi connectivity index (χ3v) is 2.69. The van der Waals surface area contributed by atoms with Gasteiger partial charge in [0.25, 0.3) is 0 Å². The first kappa shape index (κ1) is 12.4. The third kappa shape index (κ3) is 2.78. The topological polar surface area (TPSA) is 80.0 Å². The molecule has 0 aliphatic carbocycles. The van der Waals surface area contributed by atoms with E-state index in [0.29, 0.717) is 18.9 Å². The summed E-state index contributed by atoms with van der Waals surface area (Å²) >= 11 is 5.94. The first-order chi connectivity index (χ1) is 8.68. The number of hydrogen-bond donors (Lipinski definition) is 2. The minimum Gasteiger partial charge on any atom is -0.478 e. The lowest BCUT2D eigenvalue weighted by atomic mass is 10.2. The fraction of sp³-hybridized carbons (Fsp3) is 0.182. The number of anilines is 1. The molecule has 18 heavy (non-hydrogen) atoms. The van der Waals surface area contributed by atoms with Gasteiger partial charge in [-0.15, -0.1) is 0 Å². The number of aromatic carboxylic acids is 1. The van der Waals surface area contributed by atoms with Crippen LogP contribution >= 0.6 is 11.6 Å². The van der Waals surface area contributed by atoms with Crippen LogP contribution < -0.4 is 5.32 Å². The summed E-state index contributed by atoms with van der Waals surface area (Å²) in [5, 5.41) is 16.1. The zero-order chi connectivity index (χ0) is 13.0. The zero-order valence-electron chi connectivity index (χ0n) is 9.38. The molecule has 0 amide bonds. The molecular weight excluding hydrogens is 256 g/mol. The minimum absolute atomic E-state index is 0.0354. The number of nitrogens with one attached hydrogen (secondary N) is 1. The monoisotopic (exact) mass is 266 g/mol. The molecule has 2 heterocycles. The van der Waals surface area contributed by atoms with Crippen LogP contribution in [0.4, 0.5) is 5.82 Å². The highest BCUT2D eigenvalue weighted by atomic mass is 35.5. The van der Waals surface area contributed by atoms with E-state index in [1.165, 1.54) is 12.3 Å². The average molecular weight is 267 g/mol. The Bertz CT molecular complexity index is 542. The number of halogens is 1. The van der Waals surface area contributed by atoms with Crippen LogP contribution in [0, 0.1) is 0 Å². The summed E-state index contributed by atoms with van der Waals surface area (Å²) in [5.41, 5.74) is 0.0354. The van der Waals surface area contributed by atoms with Gasteiger partial charge in [0.1, 0.15) is 5.82 Å². The van der Waals surface area contributed by atoms with Crippen LogP contribution in [-0.4, -0.2) is 32.4 Å². The maximum atomic E-state index is 10.9. The van der Waals surface area contributed by atoms with Crippen molar-refractivity contribution in [3.8, 4) is 0 Å². The fourth-order valence-electron chi connectivity index (χ4n) is 1.45. The molecule has 0 saturated carbocycles. The molecule has 6 nitrogen and oxygen atoms in total. The quantitative estimate of drug-likeness (QED) is 0.862. The van der Waals surface area contributed by atoms with Gasteiger partial charge in [-0.3, -0.25) is 4.68 Å². The van der Waals surface area contributed by atoms with E-state index in [-0.39, 0.29) is 10.6 Å². The predicted octanol–water partition coefficient (Wildman–Crippen LogP) is 1.74. The Labute approximate surface area is 108 Å². The van der Waals surface area contributed by atoms with Gasteiger partial charge in [-0.25, -0.2) is 9.78 Å². The molecule has 0 unspecified atom stereocenters. The number of carboxylic acid groups (broad SMARTS) is 1. The van der Waals surface area contributed by atoms with Crippen molar-refractivity contribution in [3.05, 3.63) is 41.3 Å². The van der Waals surface area contributed by atoms with Gasteiger partial charge in [-0.1, -0.05) is 11.6 Å². The van der Waals surface area contributed by atoms with Gasteiger partial charge in [-0.05, 0) is 12.1 Å². The molecule has 94 valence electrons. The molecule has 0 saturated heterocycles. The number of pyridine rings is 1. The van der Waals surface area contributed by atoms with Crippen LogP contribution in [0.5, 0.6) is 0 Å². The maximum absolute atomic E-state index is 10.9. The molecule has 0 aromatic carbocycles. The number of rotatable bonds is 5. The van der Waals surface area contributed by atoms with Crippen molar-refractivity contribution in [2.24, 2.45) is 0 Å². The summed E-state index contributed by atoms with van der Waals surface area (Å²) in [7, 11) is 0. The highest BCUT2D eigenvalue weighted by Crippen LogP contribution is 2.23. The highest BCUT2D eigenvalue weighted by molar-refractivity contribution is 6.35. The van der Waals surface area contributed by atoms with Crippen molar-refractivity contribution in [2.45, 2.75) is 6.54 Å². The molecule has 0 atom stereocenters. The molecular formula is C11H11ClN4O2. The van der Waals surface area contributed by atoms with Gasteiger partial charge in [0.2, 0.25) is 0 Å². The molecule has 7 heteroatoms. The molecule has 2 N–H and O–H groups in total. The Kier molecular flexibility index (Phi) is 3.78. The number of hydrogen-bond acceptors (Lipinski definition) is 4. The lowest BCUT2D eigenvalue weighted by Crippen LogP contribution is -2.12. The maximum Gasteiger partial charge on any atom is 0.337 e. The summed E-state index contributed by atoms with van der Waals surface area (Å²) < 4.78 is 1.75. The summed E-state index contributed by atoms with van der Waals surface area (Å²) in [5.74, 6) is -0.707. The predicted molar refractivity (Wildman–Crippen MR) is 66.9 cm³/mol. The van der Waals surface area contributed by atoms with Crippen molar-refractivity contribution in [1.29, 1.82) is 0 Å². The van der Waals surface area contributed by atoms with Gasteiger partial charge in [0.05, 0.1) is 17.1 Å². The third-order valence-electron chi connectivity index (χ3n) is 2.31. The lowest BCUT2D eigenvalue weighted by Gasteiger charge is -2.08. The molecule has 0 aliphatic rings. The van der Waals surface area contributed by atoms with Crippen LogP contribution in [0.3, 0.4) is 0 Å². The van der Waals surface area contributed by atoms with Gasteiger partial charge < -0.3 is 10.4 Å². The Morgan fingerprint density at radius 3 is 3.00 bits per heavy atom. The summed E-state index contributed by atoms with van der Waals surface area (Å²) in [6.07, 6.45) is 4.94. The fourth-order valence-corrected chi connectivity index (χ4v) is 1.71. The highest BCUT2D eigenvalue weighted by Gasteiger charge is 2.12. The van der Waals surface area contributed by atoms with E-state index in [1.54, 1.807) is 10.9 Å². The second-order valence-corrected chi connectivity index (χ2v) is 3.90. The average Bonchev–Trinajstić information content (AvgIpc) is 2.84. The van der Waals surface area contributed by atoms with E-state index < -0.39 is 5.97 Å². The SMILES string of the molecule is O=C(O)c1ccnc(NCCn2cccn2)c1Cl. The molecule has 2 aromatic heterocycles. The number of carbonyl (C=O) groups is 1. The van der Waals surface area contributed by atoms with Crippen LogP contribution in [0.1, 0.15) is 10.4 Å². The van der Waals surface area contributed by atoms with Gasteiger partial charge in [0, 0.05) is 25.1 Å². The van der Waals surface area contributed by atoms with Crippen molar-refractivity contribution in [1.82, 2.24) is 14.8 Å². The van der Waals surface area contributed by atoms with E-state index in [4.69, 9.17) is 16.7 Å². The molecule has 0 aliphatic heterocycles. The smallest absolute Gasteiger partial charge is 0.337 e. The lowest BCUT2D eigenvalue weighted by molar-refractivity contribution is 0.0697. The van der Waals surface area contributed by atoms with Crippen LogP contribution in [-0.2, 0) is 6.54 Å². The molecule has 0 fully saturated rings. The van der Waals surface area contributed by atoms with Crippen molar-refractivity contribution in [3.63, 3.8) is 0 Å². The number of nitrogens with zero attached hydrogens (tertiary/aromatic N) is 3. The van der Waals surface area contributed by atoms with Crippen LogP contribution in [0.25, 0.3) is 0 Å². The molecule has 2 aromatic rings. The summed E-state index contributed by atoms with van der Waals surface area (Å²) in [6.45, 7) is 1.19. The number of carboxylic acids is 1. The first-order valence-corrected chi connectivity index (χ1v) is 5.65. The Morgan fingerprint density at radius 1 is 1.50 bits per heavy atom. The largest absolute Gasteiger partial charge is 0.478 e. The van der Waals surface area contributed by atoms with E-state index in [2.05, 4.69) is 15.4 Å². The molecule has 0 bridgehead atoms. The van der Waals surface area contributed by atoms with Gasteiger partial charge in [0.15, 0.2) is 0 Å². The molecule has 0 radical (unpaired) electrons. The standard InChI is InChI=1S/C11H11ClN4O2/c12-9-8(11(17)18)2-4-13-10(9)14-5-7-16-6-1-3-15-16/h1-4,6H,5,7H2,(H,13,14)(H,17,18). The second kappa shape index (κ2) is 5.50. The number of aromatic nitrogens is 3. The normalized spacial score (nSPS) is 10.3. The van der Waals surface area contributed by atoms with Crippen LogP contribution in [0.2, 0.25) is 5.02 Å². The molecule has 2 rings (SSSR count). The zero-order valence-corrected chi connectivity index (χ0v) is 10.1.